The van der Waals surface area contributed by atoms with Crippen molar-refractivity contribution in [2.45, 2.75) is 96.4 Å². The Hall–Kier alpha value is -1.10. The van der Waals surface area contributed by atoms with Crippen molar-refractivity contribution < 1.29 is 9.59 Å². The van der Waals surface area contributed by atoms with Crippen molar-refractivity contribution >= 4 is 11.8 Å². The van der Waals surface area contributed by atoms with Crippen LogP contribution in [0, 0.1) is 0 Å². The number of amides is 2. The predicted molar refractivity (Wildman–Crippen MR) is 95.9 cm³/mol. The Labute approximate surface area is 141 Å². The van der Waals surface area contributed by atoms with E-state index in [1.54, 1.807) is 0 Å². The van der Waals surface area contributed by atoms with Gasteiger partial charge in [0.05, 0.1) is 0 Å². The summed E-state index contributed by atoms with van der Waals surface area (Å²) in [6, 6.07) is -0.549. The fourth-order valence-corrected chi connectivity index (χ4v) is 2.64. The molecular formula is C18H37N3O2. The van der Waals surface area contributed by atoms with Crippen LogP contribution in [0.5, 0.6) is 0 Å². The van der Waals surface area contributed by atoms with Gasteiger partial charge in [0.1, 0.15) is 6.04 Å². The molecule has 0 aromatic carbocycles. The van der Waals surface area contributed by atoms with Gasteiger partial charge in [-0.05, 0) is 32.2 Å². The van der Waals surface area contributed by atoms with Crippen LogP contribution in [0.4, 0.5) is 0 Å². The Morgan fingerprint density at radius 1 is 0.870 bits per heavy atom. The van der Waals surface area contributed by atoms with Gasteiger partial charge in [0, 0.05) is 6.42 Å². The Morgan fingerprint density at radius 3 is 1.96 bits per heavy atom. The van der Waals surface area contributed by atoms with Gasteiger partial charge in [-0.2, -0.15) is 0 Å². The van der Waals surface area contributed by atoms with Crippen molar-refractivity contribution in [2.24, 2.45) is 11.5 Å². The first kappa shape index (κ1) is 21.9. The lowest BCUT2D eigenvalue weighted by Gasteiger charge is -2.15. The molecule has 0 aliphatic heterocycles. The van der Waals surface area contributed by atoms with Gasteiger partial charge >= 0.3 is 0 Å². The molecule has 136 valence electrons. The van der Waals surface area contributed by atoms with E-state index >= 15 is 0 Å². The van der Waals surface area contributed by atoms with E-state index in [1.165, 1.54) is 44.9 Å². The second-order valence-corrected chi connectivity index (χ2v) is 6.39. The van der Waals surface area contributed by atoms with Gasteiger partial charge in [0.2, 0.25) is 11.8 Å². The Balaban J connectivity index is 3.61. The normalized spacial score (nSPS) is 12.1. The second-order valence-electron chi connectivity index (χ2n) is 6.39. The maximum atomic E-state index is 11.9. The fraction of sp³-hybridized carbons (Fsp3) is 0.889. The van der Waals surface area contributed by atoms with Crippen LogP contribution in [0.3, 0.4) is 0 Å². The van der Waals surface area contributed by atoms with E-state index in [4.69, 9.17) is 11.5 Å². The second kappa shape index (κ2) is 15.8. The highest BCUT2D eigenvalue weighted by molar-refractivity contribution is 5.86. The molecule has 0 aliphatic carbocycles. The average molecular weight is 328 g/mol. The number of nitrogens with one attached hydrogen (secondary N) is 1. The summed E-state index contributed by atoms with van der Waals surface area (Å²) in [6.07, 6.45) is 13.7. The zero-order valence-corrected chi connectivity index (χ0v) is 14.9. The monoisotopic (exact) mass is 327 g/mol. The van der Waals surface area contributed by atoms with E-state index in [1.807, 2.05) is 0 Å². The van der Waals surface area contributed by atoms with Crippen LogP contribution < -0.4 is 16.8 Å². The van der Waals surface area contributed by atoms with Crippen LogP contribution in [0.15, 0.2) is 0 Å². The largest absolute Gasteiger partial charge is 0.368 e. The average Bonchev–Trinajstić information content (AvgIpc) is 2.52. The summed E-state index contributed by atoms with van der Waals surface area (Å²) >= 11 is 0. The minimum Gasteiger partial charge on any atom is -0.368 e. The molecule has 2 amide bonds. The van der Waals surface area contributed by atoms with E-state index in [2.05, 4.69) is 12.2 Å². The predicted octanol–water partition coefficient (Wildman–Crippen LogP) is 3.01. The van der Waals surface area contributed by atoms with Crippen LogP contribution in [0.25, 0.3) is 0 Å². The molecule has 0 spiro atoms. The number of primary amides is 1. The van der Waals surface area contributed by atoms with E-state index in [0.717, 1.165) is 25.7 Å². The third kappa shape index (κ3) is 14.2. The molecule has 0 bridgehead atoms. The minimum atomic E-state index is -0.549. The summed E-state index contributed by atoms with van der Waals surface area (Å²) in [6.45, 7) is 2.82. The van der Waals surface area contributed by atoms with E-state index < -0.39 is 11.9 Å². The molecule has 5 heteroatoms. The Morgan fingerprint density at radius 2 is 1.43 bits per heavy atom. The number of rotatable bonds is 16. The maximum absolute atomic E-state index is 11.9. The molecule has 0 aromatic rings. The SMILES string of the molecule is CCCCCCCCCCCC(=O)N[C@@H](CCCCN)C(N)=O. The molecule has 0 saturated carbocycles. The Bertz CT molecular complexity index is 309. The van der Waals surface area contributed by atoms with Gasteiger partial charge < -0.3 is 16.8 Å². The number of nitrogens with two attached hydrogens (primary N) is 2. The summed E-state index contributed by atoms with van der Waals surface area (Å²) in [7, 11) is 0. The number of carbonyl (C=O) groups is 2. The van der Waals surface area contributed by atoms with Gasteiger partial charge in [-0.1, -0.05) is 58.3 Å². The van der Waals surface area contributed by atoms with Crippen molar-refractivity contribution in [2.75, 3.05) is 6.54 Å². The van der Waals surface area contributed by atoms with Crippen LogP contribution in [0.1, 0.15) is 90.4 Å². The molecule has 0 rings (SSSR count). The standard InChI is InChI=1S/C18H37N3O2/c1-2-3-4-5-6-7-8-9-10-14-17(22)21-16(18(20)23)13-11-12-15-19/h16H,2-15,19H2,1H3,(H2,20,23)(H,21,22)/t16-/m0/s1. The van der Waals surface area contributed by atoms with E-state index in [-0.39, 0.29) is 5.91 Å². The maximum Gasteiger partial charge on any atom is 0.239 e. The Kier molecular flexibility index (Phi) is 15.0. The van der Waals surface area contributed by atoms with Crippen LogP contribution in [0.2, 0.25) is 0 Å². The summed E-state index contributed by atoms with van der Waals surface area (Å²) < 4.78 is 0. The number of hydrogen-bond donors (Lipinski definition) is 3. The molecule has 5 nitrogen and oxygen atoms in total. The molecule has 0 fully saturated rings. The van der Waals surface area contributed by atoms with Crippen molar-refractivity contribution in [3.8, 4) is 0 Å². The molecule has 23 heavy (non-hydrogen) atoms. The van der Waals surface area contributed by atoms with Crippen molar-refractivity contribution in [1.82, 2.24) is 5.32 Å². The molecule has 0 aliphatic rings. The van der Waals surface area contributed by atoms with E-state index in [0.29, 0.717) is 19.4 Å². The summed E-state index contributed by atoms with van der Waals surface area (Å²) in [5.41, 5.74) is 10.8. The summed E-state index contributed by atoms with van der Waals surface area (Å²) in [4.78, 5) is 23.2. The smallest absolute Gasteiger partial charge is 0.239 e. The molecule has 0 radical (unpaired) electrons. The topological polar surface area (TPSA) is 98.2 Å². The van der Waals surface area contributed by atoms with Gasteiger partial charge in [-0.25, -0.2) is 0 Å². The lowest BCUT2D eigenvalue weighted by Crippen LogP contribution is -2.44. The highest BCUT2D eigenvalue weighted by Gasteiger charge is 2.16. The van der Waals surface area contributed by atoms with Crippen LogP contribution >= 0.6 is 0 Å². The zero-order chi connectivity index (χ0) is 17.3. The fourth-order valence-electron chi connectivity index (χ4n) is 2.64. The van der Waals surface area contributed by atoms with Crippen LogP contribution in [-0.2, 0) is 9.59 Å². The van der Waals surface area contributed by atoms with Crippen LogP contribution in [-0.4, -0.2) is 24.4 Å². The molecule has 5 N–H and O–H groups in total. The van der Waals surface area contributed by atoms with Gasteiger partial charge in [-0.15, -0.1) is 0 Å². The number of carbonyl (C=O) groups excluding carboxylic acids is 2. The molecule has 0 heterocycles. The van der Waals surface area contributed by atoms with Gasteiger partial charge in [-0.3, -0.25) is 9.59 Å². The van der Waals surface area contributed by atoms with E-state index in [9.17, 15) is 9.59 Å². The zero-order valence-electron chi connectivity index (χ0n) is 14.9. The first-order valence-electron chi connectivity index (χ1n) is 9.40. The lowest BCUT2D eigenvalue weighted by molar-refractivity contribution is -0.127. The minimum absolute atomic E-state index is 0.0653. The third-order valence-corrected chi connectivity index (χ3v) is 4.13. The number of hydrogen-bond acceptors (Lipinski definition) is 3. The summed E-state index contributed by atoms with van der Waals surface area (Å²) in [5, 5.41) is 2.75. The quantitative estimate of drug-likeness (QED) is 0.380. The first-order valence-corrected chi connectivity index (χ1v) is 9.40. The highest BCUT2D eigenvalue weighted by atomic mass is 16.2. The lowest BCUT2D eigenvalue weighted by atomic mass is 10.1. The van der Waals surface area contributed by atoms with Crippen molar-refractivity contribution in [3.05, 3.63) is 0 Å². The molecule has 1 atom stereocenters. The molecular weight excluding hydrogens is 290 g/mol. The third-order valence-electron chi connectivity index (χ3n) is 4.13. The van der Waals surface area contributed by atoms with Gasteiger partial charge in [0.15, 0.2) is 0 Å². The molecule has 0 saturated heterocycles. The first-order chi connectivity index (χ1) is 11.1. The van der Waals surface area contributed by atoms with Crippen molar-refractivity contribution in [1.29, 1.82) is 0 Å². The van der Waals surface area contributed by atoms with Gasteiger partial charge in [0.25, 0.3) is 0 Å². The molecule has 0 aromatic heterocycles. The molecule has 0 unspecified atom stereocenters. The summed E-state index contributed by atoms with van der Waals surface area (Å²) in [5.74, 6) is -0.521. The highest BCUT2D eigenvalue weighted by Crippen LogP contribution is 2.10. The van der Waals surface area contributed by atoms with Crippen molar-refractivity contribution in [3.63, 3.8) is 0 Å². The number of unbranched alkanes of at least 4 members (excludes halogenated alkanes) is 9.